The van der Waals surface area contributed by atoms with Gasteiger partial charge in [-0.15, -0.1) is 0 Å². The predicted octanol–water partition coefficient (Wildman–Crippen LogP) is 3.73. The van der Waals surface area contributed by atoms with E-state index in [2.05, 4.69) is 5.32 Å². The van der Waals surface area contributed by atoms with Gasteiger partial charge in [-0.2, -0.15) is 0 Å². The molecule has 0 saturated carbocycles. The molecule has 0 radical (unpaired) electrons. The minimum Gasteiger partial charge on any atom is -0.342 e. The zero-order chi connectivity index (χ0) is 15.4. The molecule has 21 heavy (non-hydrogen) atoms. The monoisotopic (exact) mass is 328 g/mol. The van der Waals surface area contributed by atoms with Gasteiger partial charge in [-0.25, -0.2) is 0 Å². The number of rotatable bonds is 4. The van der Waals surface area contributed by atoms with E-state index in [1.807, 2.05) is 36.9 Å². The largest absolute Gasteiger partial charge is 0.342 e. The Morgan fingerprint density at radius 2 is 1.86 bits per heavy atom. The molecule has 116 valence electrons. The summed E-state index contributed by atoms with van der Waals surface area (Å²) < 4.78 is 0. The first kappa shape index (κ1) is 16.6. The van der Waals surface area contributed by atoms with Gasteiger partial charge >= 0.3 is 0 Å². The molecule has 3 nitrogen and oxygen atoms in total. The van der Waals surface area contributed by atoms with E-state index in [1.165, 1.54) is 0 Å². The Bertz CT molecular complexity index is 477. The molecule has 0 spiro atoms. The van der Waals surface area contributed by atoms with Crippen molar-refractivity contribution in [3.63, 3.8) is 0 Å². The molecule has 1 N–H and O–H groups in total. The summed E-state index contributed by atoms with van der Waals surface area (Å²) in [5.41, 5.74) is 0.946. The number of piperidine rings is 1. The van der Waals surface area contributed by atoms with Crippen LogP contribution in [0, 0.1) is 5.92 Å². The molecule has 0 bridgehead atoms. The number of carbonyl (C=O) groups excluding carboxylic acids is 1. The Morgan fingerprint density at radius 3 is 2.38 bits per heavy atom. The molecule has 1 amide bonds. The van der Waals surface area contributed by atoms with Crippen LogP contribution in [-0.2, 0) is 11.3 Å². The van der Waals surface area contributed by atoms with Gasteiger partial charge in [-0.3, -0.25) is 4.79 Å². The van der Waals surface area contributed by atoms with Gasteiger partial charge in [0.05, 0.1) is 0 Å². The molecule has 1 saturated heterocycles. The average molecular weight is 329 g/mol. The first-order valence-corrected chi connectivity index (χ1v) is 8.19. The molecule has 0 aromatic heterocycles. The zero-order valence-electron chi connectivity index (χ0n) is 12.5. The molecule has 0 atom stereocenters. The summed E-state index contributed by atoms with van der Waals surface area (Å²) in [5.74, 6) is 0.332. The van der Waals surface area contributed by atoms with Crippen LogP contribution in [0.3, 0.4) is 0 Å². The van der Waals surface area contributed by atoms with Gasteiger partial charge in [0, 0.05) is 47.2 Å². The summed E-state index contributed by atoms with van der Waals surface area (Å²) in [7, 11) is 0. The van der Waals surface area contributed by atoms with E-state index < -0.39 is 0 Å². The molecule has 1 fully saturated rings. The van der Waals surface area contributed by atoms with E-state index in [1.54, 1.807) is 0 Å². The van der Waals surface area contributed by atoms with Crippen molar-refractivity contribution in [2.45, 2.75) is 39.3 Å². The maximum absolute atomic E-state index is 11.9. The number of amides is 1. The number of carbonyl (C=O) groups is 1. The van der Waals surface area contributed by atoms with E-state index >= 15 is 0 Å². The van der Waals surface area contributed by atoms with Crippen molar-refractivity contribution in [1.82, 2.24) is 10.2 Å². The highest BCUT2D eigenvalue weighted by molar-refractivity contribution is 6.35. The highest BCUT2D eigenvalue weighted by Crippen LogP contribution is 2.24. The molecule has 1 aliphatic heterocycles. The number of nitrogens with zero attached hydrogens (tertiary/aromatic N) is 1. The molecule has 1 heterocycles. The van der Waals surface area contributed by atoms with Gasteiger partial charge in [-0.05, 0) is 25.0 Å². The third-order valence-corrected chi connectivity index (χ3v) is 4.64. The van der Waals surface area contributed by atoms with Crippen LogP contribution in [0.5, 0.6) is 0 Å². The molecule has 1 aromatic carbocycles. The van der Waals surface area contributed by atoms with Gasteiger partial charge in [0.15, 0.2) is 0 Å². The lowest BCUT2D eigenvalue weighted by Crippen LogP contribution is -2.46. The van der Waals surface area contributed by atoms with Crippen LogP contribution in [0.1, 0.15) is 32.3 Å². The molecule has 0 aliphatic carbocycles. The SMILES string of the molecule is CC(C)C(=O)N1CCC(NCc2c(Cl)cccc2Cl)CC1. The lowest BCUT2D eigenvalue weighted by atomic mass is 10.0. The van der Waals surface area contributed by atoms with Crippen molar-refractivity contribution in [2.75, 3.05) is 13.1 Å². The molecular weight excluding hydrogens is 307 g/mol. The lowest BCUT2D eigenvalue weighted by Gasteiger charge is -2.33. The number of nitrogens with one attached hydrogen (secondary N) is 1. The van der Waals surface area contributed by atoms with Crippen molar-refractivity contribution in [2.24, 2.45) is 5.92 Å². The number of likely N-dealkylation sites (tertiary alicyclic amines) is 1. The number of benzene rings is 1. The quantitative estimate of drug-likeness (QED) is 0.913. The van der Waals surface area contributed by atoms with E-state index in [0.29, 0.717) is 22.6 Å². The van der Waals surface area contributed by atoms with E-state index in [0.717, 1.165) is 31.5 Å². The Morgan fingerprint density at radius 1 is 1.29 bits per heavy atom. The molecule has 1 aromatic rings. The summed E-state index contributed by atoms with van der Waals surface area (Å²) in [4.78, 5) is 13.9. The second kappa shape index (κ2) is 7.48. The van der Waals surface area contributed by atoms with E-state index in [-0.39, 0.29) is 11.8 Å². The fourth-order valence-electron chi connectivity index (χ4n) is 2.62. The van der Waals surface area contributed by atoms with Gasteiger partial charge in [0.2, 0.25) is 5.91 Å². The van der Waals surface area contributed by atoms with Crippen LogP contribution in [0.15, 0.2) is 18.2 Å². The summed E-state index contributed by atoms with van der Waals surface area (Å²) in [6.45, 7) is 6.22. The van der Waals surface area contributed by atoms with Crippen LogP contribution in [-0.4, -0.2) is 29.9 Å². The zero-order valence-corrected chi connectivity index (χ0v) is 14.0. The fourth-order valence-corrected chi connectivity index (χ4v) is 3.15. The van der Waals surface area contributed by atoms with Gasteiger partial charge in [-0.1, -0.05) is 43.1 Å². The summed E-state index contributed by atoms with van der Waals surface area (Å²) >= 11 is 12.3. The van der Waals surface area contributed by atoms with Gasteiger partial charge in [0.25, 0.3) is 0 Å². The Balaban J connectivity index is 1.83. The van der Waals surface area contributed by atoms with Crippen LogP contribution >= 0.6 is 23.2 Å². The van der Waals surface area contributed by atoms with Crippen LogP contribution in [0.2, 0.25) is 10.0 Å². The Hall–Kier alpha value is -0.770. The first-order chi connectivity index (χ1) is 9.99. The molecule has 1 aliphatic rings. The third kappa shape index (κ3) is 4.35. The summed E-state index contributed by atoms with van der Waals surface area (Å²) in [5, 5.41) is 4.89. The minimum absolute atomic E-state index is 0.0800. The fraction of sp³-hybridized carbons (Fsp3) is 0.562. The lowest BCUT2D eigenvalue weighted by molar-refractivity contribution is -0.135. The van der Waals surface area contributed by atoms with E-state index in [4.69, 9.17) is 23.2 Å². The standard InChI is InChI=1S/C16H22Cl2N2O/c1-11(2)16(21)20-8-6-12(7-9-20)19-10-13-14(17)4-3-5-15(13)18/h3-5,11-12,19H,6-10H2,1-2H3. The highest BCUT2D eigenvalue weighted by Gasteiger charge is 2.24. The number of hydrogen-bond donors (Lipinski definition) is 1. The van der Waals surface area contributed by atoms with Crippen LogP contribution in [0.25, 0.3) is 0 Å². The van der Waals surface area contributed by atoms with Crippen molar-refractivity contribution < 1.29 is 4.79 Å². The topological polar surface area (TPSA) is 32.3 Å². The van der Waals surface area contributed by atoms with Crippen molar-refractivity contribution in [1.29, 1.82) is 0 Å². The summed E-state index contributed by atoms with van der Waals surface area (Å²) in [6, 6.07) is 5.97. The van der Waals surface area contributed by atoms with Crippen LogP contribution < -0.4 is 5.32 Å². The summed E-state index contributed by atoms with van der Waals surface area (Å²) in [6.07, 6.45) is 1.95. The Kier molecular flexibility index (Phi) is 5.91. The predicted molar refractivity (Wildman–Crippen MR) is 87.7 cm³/mol. The molecule has 5 heteroatoms. The van der Waals surface area contributed by atoms with Crippen molar-refractivity contribution in [3.05, 3.63) is 33.8 Å². The number of hydrogen-bond acceptors (Lipinski definition) is 2. The third-order valence-electron chi connectivity index (χ3n) is 3.93. The second-order valence-electron chi connectivity index (χ2n) is 5.84. The molecule has 2 rings (SSSR count). The minimum atomic E-state index is 0.0800. The second-order valence-corrected chi connectivity index (χ2v) is 6.65. The smallest absolute Gasteiger partial charge is 0.225 e. The maximum Gasteiger partial charge on any atom is 0.225 e. The van der Waals surface area contributed by atoms with E-state index in [9.17, 15) is 4.79 Å². The van der Waals surface area contributed by atoms with Crippen LogP contribution in [0.4, 0.5) is 0 Å². The van der Waals surface area contributed by atoms with Gasteiger partial charge in [0.1, 0.15) is 0 Å². The first-order valence-electron chi connectivity index (χ1n) is 7.44. The number of halogens is 2. The molecule has 0 unspecified atom stereocenters. The highest BCUT2D eigenvalue weighted by atomic mass is 35.5. The molecular formula is C16H22Cl2N2O. The average Bonchev–Trinajstić information content (AvgIpc) is 2.46. The van der Waals surface area contributed by atoms with Crippen molar-refractivity contribution >= 4 is 29.1 Å². The maximum atomic E-state index is 11.9. The van der Waals surface area contributed by atoms with Gasteiger partial charge < -0.3 is 10.2 Å². The normalized spacial score (nSPS) is 16.5. The Labute approximate surface area is 136 Å². The van der Waals surface area contributed by atoms with Crippen molar-refractivity contribution in [3.8, 4) is 0 Å².